The number of thiazole rings is 1. The summed E-state index contributed by atoms with van der Waals surface area (Å²) in [4.78, 5) is 21.1. The highest BCUT2D eigenvalue weighted by molar-refractivity contribution is 9.10. The van der Waals surface area contributed by atoms with E-state index in [1.807, 2.05) is 19.2 Å². The lowest BCUT2D eigenvalue weighted by atomic mass is 10.2. The van der Waals surface area contributed by atoms with E-state index >= 15 is 0 Å². The molecule has 84 valence electrons. The highest BCUT2D eigenvalue weighted by Crippen LogP contribution is 2.23. The van der Waals surface area contributed by atoms with Crippen molar-refractivity contribution in [2.24, 2.45) is 4.99 Å². The molecular formula is C10H10BrN3OS. The van der Waals surface area contributed by atoms with Crippen LogP contribution in [0.2, 0.25) is 0 Å². The van der Waals surface area contributed by atoms with Gasteiger partial charge in [-0.3, -0.25) is 14.2 Å². The average molecular weight is 300 g/mol. The molecule has 0 saturated heterocycles. The van der Waals surface area contributed by atoms with Crippen LogP contribution in [-0.4, -0.2) is 16.1 Å². The van der Waals surface area contributed by atoms with Crippen molar-refractivity contribution in [1.29, 1.82) is 0 Å². The van der Waals surface area contributed by atoms with E-state index in [9.17, 15) is 4.79 Å². The zero-order valence-corrected chi connectivity index (χ0v) is 11.3. The van der Waals surface area contributed by atoms with E-state index in [1.165, 1.54) is 11.3 Å². The van der Waals surface area contributed by atoms with Gasteiger partial charge in [-0.2, -0.15) is 0 Å². The third kappa shape index (κ3) is 1.62. The molecule has 0 bridgehead atoms. The topological polar surface area (TPSA) is 46.7 Å². The van der Waals surface area contributed by atoms with E-state index in [0.29, 0.717) is 15.1 Å². The van der Waals surface area contributed by atoms with Crippen LogP contribution in [-0.2, 0) is 0 Å². The van der Waals surface area contributed by atoms with E-state index in [2.05, 4.69) is 32.6 Å². The number of aromatic nitrogens is 2. The molecule has 6 heteroatoms. The van der Waals surface area contributed by atoms with Crippen LogP contribution in [0.15, 0.2) is 19.6 Å². The summed E-state index contributed by atoms with van der Waals surface area (Å²) in [7, 11) is 0. The molecule has 0 aromatic carbocycles. The van der Waals surface area contributed by atoms with Gasteiger partial charge in [0.1, 0.15) is 4.47 Å². The molecule has 1 atom stereocenters. The molecule has 1 unspecified atom stereocenters. The van der Waals surface area contributed by atoms with Crippen molar-refractivity contribution in [3.63, 3.8) is 0 Å². The van der Waals surface area contributed by atoms with Crippen molar-refractivity contribution in [3.8, 4) is 0 Å². The lowest BCUT2D eigenvalue weighted by molar-refractivity contribution is 0.775. The summed E-state index contributed by atoms with van der Waals surface area (Å²) in [5.74, 6) is 0. The summed E-state index contributed by atoms with van der Waals surface area (Å²) in [6.07, 6.45) is 0. The lowest BCUT2D eigenvalue weighted by Crippen LogP contribution is -2.18. The van der Waals surface area contributed by atoms with Gasteiger partial charge in [0.2, 0.25) is 0 Å². The van der Waals surface area contributed by atoms with Crippen LogP contribution in [0.3, 0.4) is 0 Å². The smallest absolute Gasteiger partial charge is 0.273 e. The molecule has 2 aromatic heterocycles. The number of hydrogen-bond donors (Lipinski definition) is 0. The van der Waals surface area contributed by atoms with Gasteiger partial charge in [-0.05, 0) is 36.5 Å². The van der Waals surface area contributed by atoms with Gasteiger partial charge in [0.25, 0.3) is 5.56 Å². The Morgan fingerprint density at radius 3 is 3.00 bits per heavy atom. The van der Waals surface area contributed by atoms with Gasteiger partial charge in [-0.1, -0.05) is 0 Å². The predicted molar refractivity (Wildman–Crippen MR) is 69.7 cm³/mol. The van der Waals surface area contributed by atoms with E-state index < -0.39 is 0 Å². The van der Waals surface area contributed by atoms with E-state index in [1.54, 1.807) is 4.40 Å². The molecule has 0 aliphatic carbocycles. The van der Waals surface area contributed by atoms with Crippen LogP contribution in [0.4, 0.5) is 0 Å². The van der Waals surface area contributed by atoms with E-state index in [4.69, 9.17) is 0 Å². The van der Waals surface area contributed by atoms with Crippen LogP contribution in [0, 0.1) is 6.92 Å². The number of fused-ring (bicyclic) bond motifs is 1. The van der Waals surface area contributed by atoms with Gasteiger partial charge in [0.05, 0.1) is 11.7 Å². The number of hydrogen-bond acceptors (Lipinski definition) is 4. The second-order valence-electron chi connectivity index (χ2n) is 3.47. The van der Waals surface area contributed by atoms with Gasteiger partial charge >= 0.3 is 0 Å². The quantitative estimate of drug-likeness (QED) is 0.800. The van der Waals surface area contributed by atoms with Gasteiger partial charge < -0.3 is 0 Å². The molecule has 2 aromatic rings. The SMILES string of the molecule is C=NC(C)c1nc2scc(C)n2c(=O)c1Br. The van der Waals surface area contributed by atoms with Crippen molar-refractivity contribution >= 4 is 38.9 Å². The molecule has 0 spiro atoms. The molecule has 0 N–H and O–H groups in total. The van der Waals surface area contributed by atoms with Crippen LogP contribution in [0.25, 0.3) is 4.96 Å². The maximum atomic E-state index is 12.1. The van der Waals surface area contributed by atoms with Gasteiger partial charge in [0.15, 0.2) is 4.96 Å². The van der Waals surface area contributed by atoms with Crippen LogP contribution in [0.1, 0.15) is 24.4 Å². The van der Waals surface area contributed by atoms with E-state index in [-0.39, 0.29) is 11.6 Å². The Bertz CT molecular complexity index is 616. The fraction of sp³-hybridized carbons (Fsp3) is 0.300. The summed E-state index contributed by atoms with van der Waals surface area (Å²) in [6, 6.07) is -0.186. The Kier molecular flexibility index (Phi) is 2.94. The van der Waals surface area contributed by atoms with Crippen molar-refractivity contribution in [2.75, 3.05) is 0 Å². The summed E-state index contributed by atoms with van der Waals surface area (Å²) in [6.45, 7) is 7.22. The van der Waals surface area contributed by atoms with Crippen LogP contribution >= 0.6 is 27.3 Å². The Hall–Kier alpha value is -1.01. The molecule has 0 radical (unpaired) electrons. The first-order valence-corrected chi connectivity index (χ1v) is 6.35. The van der Waals surface area contributed by atoms with Gasteiger partial charge in [-0.25, -0.2) is 4.98 Å². The van der Waals surface area contributed by atoms with Crippen LogP contribution in [0.5, 0.6) is 0 Å². The van der Waals surface area contributed by atoms with Crippen LogP contribution < -0.4 is 5.56 Å². The maximum Gasteiger partial charge on any atom is 0.273 e. The lowest BCUT2D eigenvalue weighted by Gasteiger charge is -2.07. The predicted octanol–water partition coefficient (Wildman–Crippen LogP) is 2.59. The normalized spacial score (nSPS) is 12.9. The highest BCUT2D eigenvalue weighted by Gasteiger charge is 2.16. The number of halogens is 1. The minimum atomic E-state index is -0.186. The second-order valence-corrected chi connectivity index (χ2v) is 5.10. The zero-order valence-electron chi connectivity index (χ0n) is 8.90. The second kappa shape index (κ2) is 4.10. The summed E-state index contributed by atoms with van der Waals surface area (Å²) < 4.78 is 2.06. The van der Waals surface area contributed by atoms with Crippen molar-refractivity contribution in [3.05, 3.63) is 31.6 Å². The molecule has 0 fully saturated rings. The van der Waals surface area contributed by atoms with Gasteiger partial charge in [-0.15, -0.1) is 11.3 Å². The monoisotopic (exact) mass is 299 g/mol. The molecule has 0 amide bonds. The van der Waals surface area contributed by atoms with Crippen molar-refractivity contribution < 1.29 is 0 Å². The first kappa shape index (κ1) is 11.5. The summed E-state index contributed by atoms with van der Waals surface area (Å²) in [5.41, 5.74) is 1.44. The standard InChI is InChI=1S/C10H10BrN3OS/c1-5-4-16-10-13-8(6(2)12-3)7(11)9(15)14(5)10/h4,6H,3H2,1-2H3. The minimum absolute atomic E-state index is 0.0887. The largest absolute Gasteiger partial charge is 0.291 e. The Morgan fingerprint density at radius 1 is 1.69 bits per heavy atom. The zero-order chi connectivity index (χ0) is 11.9. The molecule has 2 rings (SSSR count). The fourth-order valence-electron chi connectivity index (χ4n) is 1.44. The summed E-state index contributed by atoms with van der Waals surface area (Å²) >= 11 is 4.73. The maximum absolute atomic E-state index is 12.1. The molecule has 0 aliphatic heterocycles. The number of rotatable bonds is 2. The average Bonchev–Trinajstić information content (AvgIpc) is 2.64. The third-order valence-electron chi connectivity index (χ3n) is 2.38. The highest BCUT2D eigenvalue weighted by atomic mass is 79.9. The Morgan fingerprint density at radius 2 is 2.38 bits per heavy atom. The number of aryl methyl sites for hydroxylation is 1. The van der Waals surface area contributed by atoms with Gasteiger partial charge in [0, 0.05) is 11.1 Å². The molecule has 2 heterocycles. The molecule has 16 heavy (non-hydrogen) atoms. The number of nitrogens with zero attached hydrogens (tertiary/aromatic N) is 3. The fourth-order valence-corrected chi connectivity index (χ4v) is 2.90. The molecular weight excluding hydrogens is 290 g/mol. The Balaban J connectivity index is 2.85. The Labute approximate surface area is 105 Å². The first-order chi connectivity index (χ1) is 7.56. The third-order valence-corrected chi connectivity index (χ3v) is 4.07. The minimum Gasteiger partial charge on any atom is -0.291 e. The first-order valence-electron chi connectivity index (χ1n) is 4.68. The molecule has 0 saturated carbocycles. The van der Waals surface area contributed by atoms with Crippen molar-refractivity contribution in [1.82, 2.24) is 9.38 Å². The molecule has 0 aliphatic rings. The summed E-state index contributed by atoms with van der Waals surface area (Å²) in [5, 5.41) is 1.91. The molecule has 4 nitrogen and oxygen atoms in total. The number of aliphatic imine (C=N–C) groups is 1. The van der Waals surface area contributed by atoms with E-state index in [0.717, 1.165) is 5.69 Å². The van der Waals surface area contributed by atoms with Crippen molar-refractivity contribution in [2.45, 2.75) is 19.9 Å².